The van der Waals surface area contributed by atoms with Crippen molar-refractivity contribution in [2.24, 2.45) is 0 Å². The summed E-state index contributed by atoms with van der Waals surface area (Å²) >= 11 is 0. The zero-order valence-corrected chi connectivity index (χ0v) is 16.1. The first-order valence-electron chi connectivity index (χ1n) is 9.37. The molecule has 1 atom stereocenters. The van der Waals surface area contributed by atoms with Gasteiger partial charge >= 0.3 is 0 Å². The molecule has 3 rings (SSSR count). The summed E-state index contributed by atoms with van der Waals surface area (Å²) in [6.45, 7) is 7.82. The number of nitrogens with one attached hydrogen (secondary N) is 1. The monoisotopic (exact) mass is 372 g/mol. The molecule has 1 amide bonds. The quantitative estimate of drug-likeness (QED) is 0.831. The summed E-state index contributed by atoms with van der Waals surface area (Å²) in [5, 5.41) is 3.08. The Balaban J connectivity index is 1.97. The Morgan fingerprint density at radius 2 is 1.74 bits per heavy atom. The first-order valence-corrected chi connectivity index (χ1v) is 9.37. The van der Waals surface area contributed by atoms with Gasteiger partial charge in [0.15, 0.2) is 11.6 Å². The first kappa shape index (κ1) is 19.5. The lowest BCUT2D eigenvalue weighted by Gasteiger charge is -2.42. The van der Waals surface area contributed by atoms with Crippen molar-refractivity contribution in [3.63, 3.8) is 0 Å². The standard InChI is InChI=1S/C22H26F2N2O/c1-15-8-4-5-9-17(15)21(27)25-20(16-10-11-18(23)19(24)14-16)22(2,3)26-12-6-7-13-26/h4-5,8-11,14,20H,6-7,12-13H2,1-3H3,(H,25,27). The summed E-state index contributed by atoms with van der Waals surface area (Å²) in [7, 11) is 0. The summed E-state index contributed by atoms with van der Waals surface area (Å²) < 4.78 is 27.4. The normalized spacial score (nSPS) is 16.3. The Bertz CT molecular complexity index is 829. The van der Waals surface area contributed by atoms with E-state index in [1.54, 1.807) is 12.1 Å². The largest absolute Gasteiger partial charge is 0.343 e. The molecule has 3 nitrogen and oxygen atoms in total. The molecular formula is C22H26F2N2O. The average molecular weight is 372 g/mol. The molecular weight excluding hydrogens is 346 g/mol. The number of rotatable bonds is 5. The van der Waals surface area contributed by atoms with E-state index in [1.807, 2.05) is 39.0 Å². The van der Waals surface area contributed by atoms with Gasteiger partial charge in [0, 0.05) is 11.1 Å². The van der Waals surface area contributed by atoms with E-state index in [-0.39, 0.29) is 5.91 Å². The molecule has 0 saturated carbocycles. The minimum Gasteiger partial charge on any atom is -0.343 e. The lowest BCUT2D eigenvalue weighted by atomic mass is 9.86. The number of nitrogens with zero attached hydrogens (tertiary/aromatic N) is 1. The third-order valence-corrected chi connectivity index (χ3v) is 5.57. The molecule has 0 spiro atoms. The molecule has 0 bridgehead atoms. The number of benzene rings is 2. The fourth-order valence-electron chi connectivity index (χ4n) is 3.87. The molecule has 144 valence electrons. The van der Waals surface area contributed by atoms with Crippen molar-refractivity contribution in [3.05, 3.63) is 70.8 Å². The highest BCUT2D eigenvalue weighted by Gasteiger charge is 2.39. The molecule has 1 aliphatic heterocycles. The highest BCUT2D eigenvalue weighted by atomic mass is 19.2. The number of carbonyl (C=O) groups is 1. The number of hydrogen-bond donors (Lipinski definition) is 1. The summed E-state index contributed by atoms with van der Waals surface area (Å²) in [5.41, 5.74) is 1.58. The van der Waals surface area contributed by atoms with Gasteiger partial charge in [-0.15, -0.1) is 0 Å². The van der Waals surface area contributed by atoms with Crippen molar-refractivity contribution in [1.29, 1.82) is 0 Å². The maximum absolute atomic E-state index is 13.9. The third-order valence-electron chi connectivity index (χ3n) is 5.57. The smallest absolute Gasteiger partial charge is 0.252 e. The molecule has 5 heteroatoms. The second-order valence-corrected chi connectivity index (χ2v) is 7.74. The second kappa shape index (κ2) is 7.77. The van der Waals surface area contributed by atoms with E-state index in [4.69, 9.17) is 0 Å². The summed E-state index contributed by atoms with van der Waals surface area (Å²) in [6.07, 6.45) is 2.19. The Kier molecular flexibility index (Phi) is 5.61. The van der Waals surface area contributed by atoms with Crippen LogP contribution < -0.4 is 5.32 Å². The van der Waals surface area contributed by atoms with Gasteiger partial charge in [0.25, 0.3) is 5.91 Å². The summed E-state index contributed by atoms with van der Waals surface area (Å²) in [4.78, 5) is 15.3. The van der Waals surface area contributed by atoms with Gasteiger partial charge in [0.1, 0.15) is 0 Å². The Hall–Kier alpha value is -2.27. The van der Waals surface area contributed by atoms with Crippen LogP contribution in [0, 0.1) is 18.6 Å². The summed E-state index contributed by atoms with van der Waals surface area (Å²) in [5.74, 6) is -2.00. The number of amides is 1. The number of hydrogen-bond acceptors (Lipinski definition) is 2. The maximum atomic E-state index is 13.9. The fourth-order valence-corrected chi connectivity index (χ4v) is 3.87. The Labute approximate surface area is 159 Å². The van der Waals surface area contributed by atoms with Gasteiger partial charge in [-0.1, -0.05) is 24.3 Å². The average Bonchev–Trinajstić information content (AvgIpc) is 3.18. The molecule has 1 aliphatic rings. The van der Waals surface area contributed by atoms with Gasteiger partial charge in [-0.3, -0.25) is 9.69 Å². The number of halogens is 2. The molecule has 2 aromatic carbocycles. The molecule has 27 heavy (non-hydrogen) atoms. The zero-order chi connectivity index (χ0) is 19.6. The first-order chi connectivity index (χ1) is 12.8. The molecule has 0 aliphatic carbocycles. The van der Waals surface area contributed by atoms with E-state index >= 15 is 0 Å². The molecule has 0 radical (unpaired) electrons. The van der Waals surface area contributed by atoms with Gasteiger partial charge in [0.05, 0.1) is 6.04 Å². The van der Waals surface area contributed by atoms with E-state index in [2.05, 4.69) is 10.2 Å². The van der Waals surface area contributed by atoms with Crippen LogP contribution >= 0.6 is 0 Å². The van der Waals surface area contributed by atoms with E-state index in [9.17, 15) is 13.6 Å². The van der Waals surface area contributed by atoms with Crippen LogP contribution in [0.15, 0.2) is 42.5 Å². The van der Waals surface area contributed by atoms with Crippen LogP contribution in [0.25, 0.3) is 0 Å². The minimum atomic E-state index is -0.903. The van der Waals surface area contributed by atoms with Gasteiger partial charge in [-0.2, -0.15) is 0 Å². The predicted octanol–water partition coefficient (Wildman–Crippen LogP) is 4.62. The molecule has 0 aromatic heterocycles. The molecule has 1 saturated heterocycles. The lowest BCUT2D eigenvalue weighted by molar-refractivity contribution is 0.0777. The minimum absolute atomic E-state index is 0.213. The van der Waals surface area contributed by atoms with Gasteiger partial charge in [-0.25, -0.2) is 8.78 Å². The molecule has 1 fully saturated rings. The van der Waals surface area contributed by atoms with Crippen molar-refractivity contribution < 1.29 is 13.6 Å². The topological polar surface area (TPSA) is 32.3 Å². The van der Waals surface area contributed by atoms with Crippen LogP contribution in [-0.4, -0.2) is 29.4 Å². The second-order valence-electron chi connectivity index (χ2n) is 7.74. The summed E-state index contributed by atoms with van der Waals surface area (Å²) in [6, 6.07) is 10.8. The van der Waals surface area contributed by atoms with Crippen LogP contribution in [0.5, 0.6) is 0 Å². The van der Waals surface area contributed by atoms with E-state index in [0.717, 1.165) is 37.6 Å². The zero-order valence-electron chi connectivity index (χ0n) is 16.1. The third kappa shape index (κ3) is 4.03. The van der Waals surface area contributed by atoms with Crippen molar-refractivity contribution in [3.8, 4) is 0 Å². The van der Waals surface area contributed by atoms with E-state index in [0.29, 0.717) is 11.1 Å². The predicted molar refractivity (Wildman–Crippen MR) is 103 cm³/mol. The maximum Gasteiger partial charge on any atom is 0.252 e. The molecule has 1 heterocycles. The lowest BCUT2D eigenvalue weighted by Crippen LogP contribution is -2.52. The van der Waals surface area contributed by atoms with Crippen molar-refractivity contribution in [2.45, 2.75) is 45.2 Å². The van der Waals surface area contributed by atoms with Crippen LogP contribution in [0.2, 0.25) is 0 Å². The van der Waals surface area contributed by atoms with Gasteiger partial charge in [-0.05, 0) is 76.0 Å². The van der Waals surface area contributed by atoms with Crippen molar-refractivity contribution >= 4 is 5.91 Å². The van der Waals surface area contributed by atoms with Gasteiger partial charge < -0.3 is 5.32 Å². The van der Waals surface area contributed by atoms with Crippen LogP contribution in [0.1, 0.15) is 54.2 Å². The fraction of sp³-hybridized carbons (Fsp3) is 0.409. The highest BCUT2D eigenvalue weighted by molar-refractivity contribution is 5.95. The Morgan fingerprint density at radius 3 is 2.37 bits per heavy atom. The molecule has 1 N–H and O–H groups in total. The van der Waals surface area contributed by atoms with E-state index < -0.39 is 23.2 Å². The number of aryl methyl sites for hydroxylation is 1. The number of carbonyl (C=O) groups excluding carboxylic acids is 1. The molecule has 2 aromatic rings. The SMILES string of the molecule is Cc1ccccc1C(=O)NC(c1ccc(F)c(F)c1)C(C)(C)N1CCCC1. The molecule has 1 unspecified atom stereocenters. The van der Waals surface area contributed by atoms with Crippen LogP contribution in [-0.2, 0) is 0 Å². The van der Waals surface area contributed by atoms with Crippen LogP contribution in [0.4, 0.5) is 8.78 Å². The number of likely N-dealkylation sites (tertiary alicyclic amines) is 1. The van der Waals surface area contributed by atoms with Crippen LogP contribution in [0.3, 0.4) is 0 Å². The van der Waals surface area contributed by atoms with Crippen molar-refractivity contribution in [2.75, 3.05) is 13.1 Å². The van der Waals surface area contributed by atoms with Crippen molar-refractivity contribution in [1.82, 2.24) is 10.2 Å². The van der Waals surface area contributed by atoms with Gasteiger partial charge in [0.2, 0.25) is 0 Å². The Morgan fingerprint density at radius 1 is 1.07 bits per heavy atom. The highest BCUT2D eigenvalue weighted by Crippen LogP contribution is 2.34. The van der Waals surface area contributed by atoms with E-state index in [1.165, 1.54) is 6.07 Å².